The van der Waals surface area contributed by atoms with Crippen molar-refractivity contribution in [1.82, 2.24) is 24.8 Å². The van der Waals surface area contributed by atoms with Crippen LogP contribution in [0.3, 0.4) is 0 Å². The summed E-state index contributed by atoms with van der Waals surface area (Å²) in [6.45, 7) is 3.99. The number of nitrogens with zero attached hydrogens (tertiary/aromatic N) is 4. The summed E-state index contributed by atoms with van der Waals surface area (Å²) in [5, 5.41) is 13.4. The number of hydrogen-bond acceptors (Lipinski definition) is 6. The lowest BCUT2D eigenvalue weighted by molar-refractivity contribution is -0.133. The monoisotopic (exact) mass is 414 g/mol. The fraction of sp³-hybridized carbons (Fsp3) is 0.316. The fourth-order valence-corrected chi connectivity index (χ4v) is 3.06. The number of anilines is 1. The third-order valence-corrected chi connectivity index (χ3v) is 4.60. The molecule has 0 aliphatic rings. The van der Waals surface area contributed by atoms with Gasteiger partial charge in [-0.15, -0.1) is 0 Å². The van der Waals surface area contributed by atoms with E-state index in [1.54, 1.807) is 24.6 Å². The molecule has 0 radical (unpaired) electrons. The average molecular weight is 414 g/mol. The Bertz CT molecular complexity index is 1080. The molecule has 152 valence electrons. The van der Waals surface area contributed by atoms with Crippen LogP contribution in [-0.4, -0.2) is 50.2 Å². The normalized spacial score (nSPS) is 10.7. The molecule has 0 saturated carbocycles. The summed E-state index contributed by atoms with van der Waals surface area (Å²) in [6.07, 6.45) is 0.180. The molecule has 3 aromatic rings. The minimum atomic E-state index is -0.352. The largest absolute Gasteiger partial charge is 0.360 e. The highest BCUT2D eigenvalue weighted by molar-refractivity contribution is 7.71. The number of aryl methyl sites for hydroxylation is 2. The van der Waals surface area contributed by atoms with E-state index >= 15 is 0 Å². The van der Waals surface area contributed by atoms with Gasteiger partial charge < -0.3 is 14.7 Å². The lowest BCUT2D eigenvalue weighted by Crippen LogP contribution is -2.35. The van der Waals surface area contributed by atoms with Gasteiger partial charge in [0, 0.05) is 31.6 Å². The second-order valence-corrected chi connectivity index (χ2v) is 7.13. The van der Waals surface area contributed by atoms with Crippen molar-refractivity contribution in [3.63, 3.8) is 0 Å². The zero-order chi connectivity index (χ0) is 21.0. The van der Waals surface area contributed by atoms with Crippen LogP contribution < -0.4 is 5.32 Å². The van der Waals surface area contributed by atoms with Crippen LogP contribution in [0.4, 0.5) is 5.82 Å². The molecule has 29 heavy (non-hydrogen) atoms. The minimum Gasteiger partial charge on any atom is -0.360 e. The Hall–Kier alpha value is -3.27. The average Bonchev–Trinajstić information content (AvgIpc) is 3.24. The number of benzene rings is 1. The summed E-state index contributed by atoms with van der Waals surface area (Å²) in [4.78, 5) is 25.9. The zero-order valence-electron chi connectivity index (χ0n) is 16.4. The van der Waals surface area contributed by atoms with Gasteiger partial charge in [0.2, 0.25) is 11.8 Å². The number of nitrogens with one attached hydrogen (secondary N) is 2. The lowest BCUT2D eigenvalue weighted by Gasteiger charge is -2.16. The Balaban J connectivity index is 1.60. The maximum atomic E-state index is 12.5. The molecule has 0 fully saturated rings. The molecule has 1 aromatic carbocycles. The first kappa shape index (κ1) is 20.5. The van der Waals surface area contributed by atoms with Gasteiger partial charge in [-0.25, -0.2) is 0 Å². The number of carbonyl (C=O) groups is 2. The van der Waals surface area contributed by atoms with Crippen LogP contribution >= 0.6 is 12.2 Å². The van der Waals surface area contributed by atoms with E-state index in [-0.39, 0.29) is 24.8 Å². The molecule has 0 aliphatic heterocycles. The molecule has 0 bridgehead atoms. The van der Waals surface area contributed by atoms with Gasteiger partial charge in [-0.1, -0.05) is 28.9 Å². The van der Waals surface area contributed by atoms with Crippen molar-refractivity contribution in [3.8, 4) is 11.4 Å². The molecule has 0 spiro atoms. The van der Waals surface area contributed by atoms with Crippen molar-refractivity contribution in [1.29, 1.82) is 0 Å². The highest BCUT2D eigenvalue weighted by Gasteiger charge is 2.16. The van der Waals surface area contributed by atoms with Crippen LogP contribution in [-0.2, 0) is 16.1 Å². The predicted molar refractivity (Wildman–Crippen MR) is 110 cm³/mol. The summed E-state index contributed by atoms with van der Waals surface area (Å²) in [6, 6.07) is 9.50. The van der Waals surface area contributed by atoms with Gasteiger partial charge in [-0.2, -0.15) is 5.10 Å². The van der Waals surface area contributed by atoms with Crippen molar-refractivity contribution in [2.24, 2.45) is 0 Å². The van der Waals surface area contributed by atoms with Crippen LogP contribution in [0.25, 0.3) is 11.4 Å². The Kier molecular flexibility index (Phi) is 6.23. The van der Waals surface area contributed by atoms with E-state index in [4.69, 9.17) is 16.7 Å². The number of rotatable bonds is 7. The van der Waals surface area contributed by atoms with Crippen molar-refractivity contribution in [3.05, 3.63) is 46.4 Å². The molecule has 0 aliphatic carbocycles. The molecule has 2 heterocycles. The Morgan fingerprint density at radius 1 is 1.31 bits per heavy atom. The van der Waals surface area contributed by atoms with Crippen LogP contribution in [0.15, 0.2) is 34.9 Å². The highest BCUT2D eigenvalue weighted by atomic mass is 32.1. The third-order valence-electron chi connectivity index (χ3n) is 4.29. The van der Waals surface area contributed by atoms with Gasteiger partial charge in [-0.05, 0) is 32.1 Å². The van der Waals surface area contributed by atoms with E-state index in [1.165, 1.54) is 4.90 Å². The van der Waals surface area contributed by atoms with E-state index in [1.807, 2.05) is 31.2 Å². The zero-order valence-corrected chi connectivity index (χ0v) is 17.2. The van der Waals surface area contributed by atoms with Crippen LogP contribution in [0.5, 0.6) is 0 Å². The number of amides is 2. The highest BCUT2D eigenvalue weighted by Crippen LogP contribution is 2.19. The van der Waals surface area contributed by atoms with E-state index in [0.29, 0.717) is 28.7 Å². The third kappa shape index (κ3) is 5.17. The Morgan fingerprint density at radius 2 is 2.10 bits per heavy atom. The minimum absolute atomic E-state index is 0.0910. The van der Waals surface area contributed by atoms with Crippen molar-refractivity contribution < 1.29 is 14.1 Å². The van der Waals surface area contributed by atoms with Gasteiger partial charge in [0.15, 0.2) is 16.4 Å². The molecular formula is C19H22N6O3S. The molecule has 9 nitrogen and oxygen atoms in total. The van der Waals surface area contributed by atoms with E-state index in [9.17, 15) is 9.59 Å². The molecule has 0 atom stereocenters. The van der Waals surface area contributed by atoms with Crippen molar-refractivity contribution >= 4 is 29.9 Å². The molecular weight excluding hydrogens is 392 g/mol. The van der Waals surface area contributed by atoms with Crippen LogP contribution in [0, 0.1) is 18.6 Å². The number of aromatic nitrogens is 4. The fourth-order valence-electron chi connectivity index (χ4n) is 2.84. The molecule has 0 saturated heterocycles. The van der Waals surface area contributed by atoms with Gasteiger partial charge in [0.05, 0.1) is 6.54 Å². The Labute approximate surface area is 172 Å². The van der Waals surface area contributed by atoms with Gasteiger partial charge in [0.1, 0.15) is 5.76 Å². The number of aromatic amines is 1. The maximum Gasteiger partial charge on any atom is 0.245 e. The van der Waals surface area contributed by atoms with E-state index in [0.717, 1.165) is 11.1 Å². The first-order valence-electron chi connectivity index (χ1n) is 9.03. The quantitative estimate of drug-likeness (QED) is 0.576. The molecule has 2 N–H and O–H groups in total. The summed E-state index contributed by atoms with van der Waals surface area (Å²) in [7, 11) is 1.58. The topological polar surface area (TPSA) is 109 Å². The van der Waals surface area contributed by atoms with Gasteiger partial charge in [0.25, 0.3) is 0 Å². The summed E-state index contributed by atoms with van der Waals surface area (Å²) < 4.78 is 7.12. The SMILES string of the molecule is Cc1cccc(-c2n[nH]c(=S)n2CCC(=O)N(C)CC(=O)Nc2cc(C)on2)c1. The second kappa shape index (κ2) is 8.82. The predicted octanol–water partition coefficient (Wildman–Crippen LogP) is 2.70. The number of carbonyl (C=O) groups excluding carboxylic acids is 2. The second-order valence-electron chi connectivity index (χ2n) is 6.74. The van der Waals surface area contributed by atoms with Crippen molar-refractivity contribution in [2.45, 2.75) is 26.8 Å². The molecule has 2 amide bonds. The van der Waals surface area contributed by atoms with Crippen molar-refractivity contribution in [2.75, 3.05) is 18.9 Å². The first-order valence-corrected chi connectivity index (χ1v) is 9.43. The summed E-state index contributed by atoms with van der Waals surface area (Å²) in [5.41, 5.74) is 2.02. The lowest BCUT2D eigenvalue weighted by atomic mass is 10.1. The maximum absolute atomic E-state index is 12.5. The van der Waals surface area contributed by atoms with Crippen LogP contribution in [0.2, 0.25) is 0 Å². The molecule has 10 heteroatoms. The number of likely N-dealkylation sites (N-methyl/N-ethyl adjacent to an activating group) is 1. The Morgan fingerprint density at radius 3 is 2.79 bits per heavy atom. The molecule has 2 aromatic heterocycles. The standard InChI is InChI=1S/C19H22N6O3S/c1-12-5-4-6-14(9-12)18-21-22-19(29)25(18)8-7-17(27)24(3)11-16(26)20-15-10-13(2)28-23-15/h4-6,9-10H,7-8,11H2,1-3H3,(H,22,29)(H,20,23,26). The van der Waals surface area contributed by atoms with Gasteiger partial charge >= 0.3 is 0 Å². The van der Waals surface area contributed by atoms with Crippen LogP contribution in [0.1, 0.15) is 17.7 Å². The number of hydrogen-bond donors (Lipinski definition) is 2. The summed E-state index contributed by atoms with van der Waals surface area (Å²) in [5.74, 6) is 1.05. The molecule has 0 unspecified atom stereocenters. The molecule has 3 rings (SSSR count). The van der Waals surface area contributed by atoms with E-state index in [2.05, 4.69) is 20.7 Å². The number of H-pyrrole nitrogens is 1. The van der Waals surface area contributed by atoms with E-state index < -0.39 is 0 Å². The smallest absolute Gasteiger partial charge is 0.245 e. The first-order chi connectivity index (χ1) is 13.8. The van der Waals surface area contributed by atoms with Gasteiger partial charge in [-0.3, -0.25) is 19.3 Å². The summed E-state index contributed by atoms with van der Waals surface area (Å²) >= 11 is 5.31.